The summed E-state index contributed by atoms with van der Waals surface area (Å²) in [6, 6.07) is 9.44. The van der Waals surface area contributed by atoms with Crippen LogP contribution in [0.5, 0.6) is 0 Å². The first-order valence-corrected chi connectivity index (χ1v) is 6.39. The van der Waals surface area contributed by atoms with Crippen LogP contribution >= 0.6 is 11.8 Å². The fraction of sp³-hybridized carbons (Fsp3) is 0.417. The Balaban J connectivity index is 2.63. The number of benzene rings is 1. The number of thioether (sulfide) groups is 1. The normalized spacial score (nSPS) is 14.2. The average molecular weight is 239 g/mol. The summed E-state index contributed by atoms with van der Waals surface area (Å²) >= 11 is 1.49. The van der Waals surface area contributed by atoms with E-state index in [2.05, 4.69) is 5.32 Å². The number of methoxy groups -OCH3 is 1. The SMILES string of the molecule is CO[C@@H](C)[C@@H](SC)C(=O)Nc1ccccc1. The Morgan fingerprint density at radius 2 is 2.00 bits per heavy atom. The molecule has 88 valence electrons. The molecule has 2 atom stereocenters. The highest BCUT2D eigenvalue weighted by atomic mass is 32.2. The van der Waals surface area contributed by atoms with E-state index in [9.17, 15) is 4.79 Å². The van der Waals surface area contributed by atoms with Gasteiger partial charge in [0.05, 0.1) is 6.10 Å². The van der Waals surface area contributed by atoms with Gasteiger partial charge < -0.3 is 10.1 Å². The van der Waals surface area contributed by atoms with E-state index in [0.717, 1.165) is 5.69 Å². The van der Waals surface area contributed by atoms with E-state index in [0.29, 0.717) is 0 Å². The smallest absolute Gasteiger partial charge is 0.240 e. The van der Waals surface area contributed by atoms with E-state index in [1.165, 1.54) is 11.8 Å². The van der Waals surface area contributed by atoms with Crippen LogP contribution in [0.2, 0.25) is 0 Å². The summed E-state index contributed by atoms with van der Waals surface area (Å²) in [6.45, 7) is 1.89. The molecule has 0 aliphatic heterocycles. The maximum atomic E-state index is 11.9. The van der Waals surface area contributed by atoms with E-state index >= 15 is 0 Å². The summed E-state index contributed by atoms with van der Waals surface area (Å²) in [5, 5.41) is 2.68. The number of hydrogen-bond donors (Lipinski definition) is 1. The van der Waals surface area contributed by atoms with E-state index < -0.39 is 0 Å². The van der Waals surface area contributed by atoms with Gasteiger partial charge >= 0.3 is 0 Å². The Bertz CT molecular complexity index is 329. The second kappa shape index (κ2) is 6.55. The first-order chi connectivity index (χ1) is 7.69. The van der Waals surface area contributed by atoms with Crippen molar-refractivity contribution in [1.29, 1.82) is 0 Å². The third-order valence-corrected chi connectivity index (χ3v) is 3.46. The molecule has 0 unspecified atom stereocenters. The van der Waals surface area contributed by atoms with Gasteiger partial charge in [-0.3, -0.25) is 4.79 Å². The van der Waals surface area contributed by atoms with Crippen LogP contribution in [0.4, 0.5) is 5.69 Å². The molecule has 4 heteroatoms. The van der Waals surface area contributed by atoms with Crippen LogP contribution in [0.1, 0.15) is 6.92 Å². The molecule has 0 aromatic heterocycles. The Labute approximate surface area is 101 Å². The molecule has 3 nitrogen and oxygen atoms in total. The third-order valence-electron chi connectivity index (χ3n) is 2.35. The number of amides is 1. The zero-order valence-corrected chi connectivity index (χ0v) is 10.6. The van der Waals surface area contributed by atoms with Crippen molar-refractivity contribution >= 4 is 23.4 Å². The first-order valence-electron chi connectivity index (χ1n) is 5.10. The summed E-state index contributed by atoms with van der Waals surface area (Å²) < 4.78 is 5.18. The van der Waals surface area contributed by atoms with Gasteiger partial charge in [-0.05, 0) is 25.3 Å². The van der Waals surface area contributed by atoms with Crippen molar-refractivity contribution in [2.24, 2.45) is 0 Å². The molecule has 16 heavy (non-hydrogen) atoms. The minimum atomic E-state index is -0.190. The number of para-hydroxylation sites is 1. The predicted molar refractivity (Wildman–Crippen MR) is 68.8 cm³/mol. The van der Waals surface area contributed by atoms with Crippen LogP contribution in [0.15, 0.2) is 30.3 Å². The van der Waals surface area contributed by atoms with Gasteiger partial charge in [0, 0.05) is 12.8 Å². The van der Waals surface area contributed by atoms with Crippen LogP contribution in [-0.2, 0) is 9.53 Å². The van der Waals surface area contributed by atoms with Crippen molar-refractivity contribution < 1.29 is 9.53 Å². The van der Waals surface area contributed by atoms with E-state index in [-0.39, 0.29) is 17.3 Å². The summed E-state index contributed by atoms with van der Waals surface area (Å²) in [7, 11) is 1.61. The molecule has 0 aliphatic rings. The number of ether oxygens (including phenoxy) is 1. The minimum absolute atomic E-state index is 0.0203. The summed E-state index contributed by atoms with van der Waals surface area (Å²) in [5.74, 6) is -0.0203. The van der Waals surface area contributed by atoms with Crippen molar-refractivity contribution in [3.8, 4) is 0 Å². The lowest BCUT2D eigenvalue weighted by Crippen LogP contribution is -2.34. The van der Waals surface area contributed by atoms with Crippen LogP contribution in [0.25, 0.3) is 0 Å². The highest BCUT2D eigenvalue weighted by molar-refractivity contribution is 8.00. The standard InChI is InChI=1S/C12H17NO2S/c1-9(15-2)11(16-3)12(14)13-10-7-5-4-6-8-10/h4-9,11H,1-3H3,(H,13,14)/t9-,11+/m0/s1. The Morgan fingerprint density at radius 3 is 2.50 bits per heavy atom. The molecular weight excluding hydrogens is 222 g/mol. The van der Waals surface area contributed by atoms with Crippen molar-refractivity contribution in [3.05, 3.63) is 30.3 Å². The molecule has 1 amide bonds. The molecule has 0 bridgehead atoms. The van der Waals surface area contributed by atoms with Gasteiger partial charge in [0.25, 0.3) is 0 Å². The van der Waals surface area contributed by atoms with Gasteiger partial charge in [-0.25, -0.2) is 0 Å². The van der Waals surface area contributed by atoms with Crippen LogP contribution in [-0.4, -0.2) is 30.6 Å². The summed E-state index contributed by atoms with van der Waals surface area (Å²) in [4.78, 5) is 11.9. The molecule has 0 heterocycles. The highest BCUT2D eigenvalue weighted by Gasteiger charge is 2.23. The zero-order valence-electron chi connectivity index (χ0n) is 9.77. The molecule has 1 N–H and O–H groups in total. The molecule has 0 fully saturated rings. The largest absolute Gasteiger partial charge is 0.380 e. The van der Waals surface area contributed by atoms with Crippen molar-refractivity contribution in [2.45, 2.75) is 18.3 Å². The molecule has 1 rings (SSSR count). The Hall–Kier alpha value is -1.00. The number of carbonyl (C=O) groups excluding carboxylic acids is 1. The first kappa shape index (κ1) is 13.1. The average Bonchev–Trinajstić information content (AvgIpc) is 2.31. The highest BCUT2D eigenvalue weighted by Crippen LogP contribution is 2.16. The summed E-state index contributed by atoms with van der Waals surface area (Å²) in [6.07, 6.45) is 1.81. The second-order valence-electron chi connectivity index (χ2n) is 3.45. The third kappa shape index (κ3) is 3.54. The molecule has 0 radical (unpaired) electrons. The lowest BCUT2D eigenvalue weighted by Gasteiger charge is -2.20. The molecule has 0 saturated carbocycles. The number of anilines is 1. The topological polar surface area (TPSA) is 38.3 Å². The second-order valence-corrected chi connectivity index (χ2v) is 4.43. The van der Waals surface area contributed by atoms with Crippen LogP contribution in [0.3, 0.4) is 0 Å². The van der Waals surface area contributed by atoms with Gasteiger partial charge in [-0.15, -0.1) is 11.8 Å². The van der Waals surface area contributed by atoms with E-state index in [1.54, 1.807) is 7.11 Å². The quantitative estimate of drug-likeness (QED) is 0.857. The zero-order chi connectivity index (χ0) is 12.0. The van der Waals surface area contributed by atoms with Crippen molar-refractivity contribution in [2.75, 3.05) is 18.7 Å². The minimum Gasteiger partial charge on any atom is -0.380 e. The maximum Gasteiger partial charge on any atom is 0.240 e. The molecular formula is C12H17NO2S. The molecule has 0 saturated heterocycles. The van der Waals surface area contributed by atoms with Crippen molar-refractivity contribution in [1.82, 2.24) is 0 Å². The van der Waals surface area contributed by atoms with Gasteiger partial charge in [0.1, 0.15) is 5.25 Å². The van der Waals surface area contributed by atoms with Crippen LogP contribution < -0.4 is 5.32 Å². The van der Waals surface area contributed by atoms with E-state index in [1.807, 2.05) is 43.5 Å². The van der Waals surface area contributed by atoms with Gasteiger partial charge in [-0.1, -0.05) is 18.2 Å². The van der Waals surface area contributed by atoms with Crippen LogP contribution in [0, 0.1) is 0 Å². The van der Waals surface area contributed by atoms with Gasteiger partial charge in [0.2, 0.25) is 5.91 Å². The summed E-state index contributed by atoms with van der Waals surface area (Å²) in [5.41, 5.74) is 0.815. The number of rotatable bonds is 5. The lowest BCUT2D eigenvalue weighted by atomic mass is 10.2. The molecule has 1 aromatic rings. The number of carbonyl (C=O) groups is 1. The number of hydrogen-bond acceptors (Lipinski definition) is 3. The lowest BCUT2D eigenvalue weighted by molar-refractivity contribution is -0.117. The van der Waals surface area contributed by atoms with Gasteiger partial charge in [0.15, 0.2) is 0 Å². The number of nitrogens with one attached hydrogen (secondary N) is 1. The molecule has 0 aliphatic carbocycles. The van der Waals surface area contributed by atoms with E-state index in [4.69, 9.17) is 4.74 Å². The van der Waals surface area contributed by atoms with Gasteiger partial charge in [-0.2, -0.15) is 0 Å². The monoisotopic (exact) mass is 239 g/mol. The fourth-order valence-electron chi connectivity index (χ4n) is 1.37. The Kier molecular flexibility index (Phi) is 5.35. The Morgan fingerprint density at radius 1 is 1.38 bits per heavy atom. The molecule has 0 spiro atoms. The predicted octanol–water partition coefficient (Wildman–Crippen LogP) is 2.39. The van der Waals surface area contributed by atoms with Crippen molar-refractivity contribution in [3.63, 3.8) is 0 Å². The molecule has 1 aromatic carbocycles. The fourth-order valence-corrected chi connectivity index (χ4v) is 2.14. The maximum absolute atomic E-state index is 11.9.